The van der Waals surface area contributed by atoms with E-state index in [0.29, 0.717) is 28.5 Å². The first-order chi connectivity index (χ1) is 8.49. The van der Waals surface area contributed by atoms with E-state index in [2.05, 4.69) is 24.1 Å². The van der Waals surface area contributed by atoms with Crippen molar-refractivity contribution in [3.63, 3.8) is 0 Å². The van der Waals surface area contributed by atoms with Gasteiger partial charge in [0.25, 0.3) is 0 Å². The van der Waals surface area contributed by atoms with Crippen molar-refractivity contribution < 1.29 is 5.11 Å². The molecule has 2 N–H and O–H groups in total. The van der Waals surface area contributed by atoms with Gasteiger partial charge in [0.2, 0.25) is 0 Å². The molecule has 0 amide bonds. The van der Waals surface area contributed by atoms with Crippen molar-refractivity contribution in [1.29, 1.82) is 0 Å². The van der Waals surface area contributed by atoms with Crippen LogP contribution in [0.2, 0.25) is 10.0 Å². The van der Waals surface area contributed by atoms with E-state index < -0.39 is 0 Å². The van der Waals surface area contributed by atoms with E-state index in [4.69, 9.17) is 23.2 Å². The van der Waals surface area contributed by atoms with Crippen LogP contribution in [0.3, 0.4) is 0 Å². The summed E-state index contributed by atoms with van der Waals surface area (Å²) in [5.74, 6) is -0.0255. The minimum atomic E-state index is -0.0255. The van der Waals surface area contributed by atoms with E-state index in [1.807, 2.05) is 12.1 Å². The quantitative estimate of drug-likeness (QED) is 0.902. The molecule has 0 fully saturated rings. The van der Waals surface area contributed by atoms with Crippen molar-refractivity contribution in [2.24, 2.45) is 0 Å². The van der Waals surface area contributed by atoms with Gasteiger partial charge in [-0.25, -0.2) is 4.98 Å². The molecule has 2 aromatic rings. The number of aromatic nitrogens is 1. The lowest BCUT2D eigenvalue weighted by atomic mass is 10.2. The Morgan fingerprint density at radius 1 is 1.28 bits per heavy atom. The fourth-order valence-electron chi connectivity index (χ4n) is 1.65. The number of rotatable bonds is 3. The van der Waals surface area contributed by atoms with Crippen LogP contribution in [0.25, 0.3) is 10.9 Å². The number of aromatic hydroxyl groups is 1. The van der Waals surface area contributed by atoms with Gasteiger partial charge >= 0.3 is 0 Å². The summed E-state index contributed by atoms with van der Waals surface area (Å²) >= 11 is 11.9. The third-order valence-corrected chi connectivity index (χ3v) is 3.21. The van der Waals surface area contributed by atoms with E-state index in [1.54, 1.807) is 0 Å². The van der Waals surface area contributed by atoms with Gasteiger partial charge in [0.15, 0.2) is 5.75 Å². The Bertz CT molecular complexity index is 585. The molecule has 1 aromatic carbocycles. The highest BCUT2D eigenvalue weighted by Crippen LogP contribution is 2.36. The zero-order chi connectivity index (χ0) is 13.3. The number of fused-ring (bicyclic) bond motifs is 1. The van der Waals surface area contributed by atoms with E-state index in [1.165, 1.54) is 6.07 Å². The van der Waals surface area contributed by atoms with Crippen LogP contribution in [0.4, 0.5) is 0 Å². The molecule has 0 radical (unpaired) electrons. The third kappa shape index (κ3) is 2.69. The van der Waals surface area contributed by atoms with Crippen molar-refractivity contribution in [2.75, 3.05) is 0 Å². The van der Waals surface area contributed by atoms with E-state index >= 15 is 0 Å². The van der Waals surface area contributed by atoms with Crippen molar-refractivity contribution in [1.82, 2.24) is 10.3 Å². The lowest BCUT2D eigenvalue weighted by Crippen LogP contribution is -2.22. The molecule has 0 aliphatic heterocycles. The zero-order valence-corrected chi connectivity index (χ0v) is 11.7. The first-order valence-electron chi connectivity index (χ1n) is 5.69. The summed E-state index contributed by atoms with van der Waals surface area (Å²) in [7, 11) is 0. The number of pyridine rings is 1. The molecule has 0 saturated heterocycles. The van der Waals surface area contributed by atoms with E-state index in [9.17, 15) is 5.11 Å². The summed E-state index contributed by atoms with van der Waals surface area (Å²) in [5, 5.41) is 14.6. The largest absolute Gasteiger partial charge is 0.504 e. The molecule has 0 atom stereocenters. The van der Waals surface area contributed by atoms with Crippen LogP contribution in [-0.4, -0.2) is 16.1 Å². The average Bonchev–Trinajstić information content (AvgIpc) is 2.33. The first kappa shape index (κ1) is 13.4. The Morgan fingerprint density at radius 2 is 2.00 bits per heavy atom. The number of hydrogen-bond donors (Lipinski definition) is 2. The van der Waals surface area contributed by atoms with E-state index in [-0.39, 0.29) is 10.8 Å². The van der Waals surface area contributed by atoms with Crippen LogP contribution in [0.15, 0.2) is 18.2 Å². The minimum absolute atomic E-state index is 0.0255. The highest BCUT2D eigenvalue weighted by molar-refractivity contribution is 6.39. The molecule has 1 aromatic heterocycles. The summed E-state index contributed by atoms with van der Waals surface area (Å²) in [6.45, 7) is 4.76. The molecule has 0 unspecified atom stereocenters. The Hall–Kier alpha value is -1.03. The smallest absolute Gasteiger partial charge is 0.160 e. The normalized spacial score (nSPS) is 11.4. The number of nitrogens with one attached hydrogen (secondary N) is 1. The number of halogens is 2. The summed E-state index contributed by atoms with van der Waals surface area (Å²) in [4.78, 5) is 4.39. The van der Waals surface area contributed by atoms with Crippen molar-refractivity contribution in [3.8, 4) is 5.75 Å². The Balaban J connectivity index is 2.47. The highest BCUT2D eigenvalue weighted by Gasteiger charge is 2.11. The molecule has 1 heterocycles. The number of benzene rings is 1. The lowest BCUT2D eigenvalue weighted by Gasteiger charge is -2.10. The van der Waals surface area contributed by atoms with Crippen LogP contribution < -0.4 is 5.32 Å². The second-order valence-corrected chi connectivity index (χ2v) is 5.24. The Labute approximate surface area is 116 Å². The molecular formula is C13H14Cl2N2O. The molecule has 0 saturated carbocycles. The molecule has 0 aliphatic rings. The second-order valence-electron chi connectivity index (χ2n) is 4.42. The van der Waals surface area contributed by atoms with Crippen LogP contribution in [0, 0.1) is 0 Å². The molecule has 5 heteroatoms. The van der Waals surface area contributed by atoms with Crippen molar-refractivity contribution >= 4 is 34.1 Å². The molecule has 0 bridgehead atoms. The first-order valence-corrected chi connectivity index (χ1v) is 6.44. The summed E-state index contributed by atoms with van der Waals surface area (Å²) in [5.41, 5.74) is 1.28. The van der Waals surface area contributed by atoms with Gasteiger partial charge in [-0.3, -0.25) is 0 Å². The van der Waals surface area contributed by atoms with Crippen molar-refractivity contribution in [3.05, 3.63) is 33.9 Å². The maximum Gasteiger partial charge on any atom is 0.160 e. The fourth-order valence-corrected chi connectivity index (χ4v) is 2.17. The monoisotopic (exact) mass is 284 g/mol. The van der Waals surface area contributed by atoms with Crippen LogP contribution in [0.1, 0.15) is 19.5 Å². The zero-order valence-electron chi connectivity index (χ0n) is 10.2. The molecule has 96 valence electrons. The van der Waals surface area contributed by atoms with Crippen LogP contribution >= 0.6 is 23.2 Å². The summed E-state index contributed by atoms with van der Waals surface area (Å²) in [6.07, 6.45) is 0. The lowest BCUT2D eigenvalue weighted by molar-refractivity contribution is 0.480. The van der Waals surface area contributed by atoms with Crippen LogP contribution in [0.5, 0.6) is 5.75 Å². The molecule has 0 aliphatic carbocycles. The van der Waals surface area contributed by atoms with Gasteiger partial charge in [0, 0.05) is 18.0 Å². The molecule has 2 rings (SSSR count). The molecule has 0 spiro atoms. The topological polar surface area (TPSA) is 45.1 Å². The number of hydrogen-bond acceptors (Lipinski definition) is 3. The van der Waals surface area contributed by atoms with Gasteiger partial charge in [-0.15, -0.1) is 0 Å². The maximum absolute atomic E-state index is 9.91. The van der Waals surface area contributed by atoms with Gasteiger partial charge in [0.05, 0.1) is 15.7 Å². The number of phenolic OH excluding ortho intramolecular Hbond substituents is 1. The van der Waals surface area contributed by atoms with E-state index in [0.717, 1.165) is 5.69 Å². The van der Waals surface area contributed by atoms with Crippen LogP contribution in [-0.2, 0) is 6.54 Å². The fraction of sp³-hybridized carbons (Fsp3) is 0.308. The standard InChI is InChI=1S/C13H14Cl2N2O/c1-7(2)16-6-8-3-4-9-10(14)5-11(15)13(18)12(9)17-8/h3-5,7,16,18H,6H2,1-2H3. The summed E-state index contributed by atoms with van der Waals surface area (Å²) in [6, 6.07) is 5.63. The van der Waals surface area contributed by atoms with Gasteiger partial charge in [-0.05, 0) is 18.2 Å². The highest BCUT2D eigenvalue weighted by atomic mass is 35.5. The maximum atomic E-state index is 9.91. The van der Waals surface area contributed by atoms with Gasteiger partial charge < -0.3 is 10.4 Å². The third-order valence-electron chi connectivity index (χ3n) is 2.61. The van der Waals surface area contributed by atoms with Gasteiger partial charge in [-0.1, -0.05) is 37.0 Å². The van der Waals surface area contributed by atoms with Gasteiger partial charge in [0.1, 0.15) is 5.52 Å². The predicted octanol–water partition coefficient (Wildman–Crippen LogP) is 3.75. The SMILES string of the molecule is CC(C)NCc1ccc2c(Cl)cc(Cl)c(O)c2n1. The van der Waals surface area contributed by atoms with Crippen molar-refractivity contribution in [2.45, 2.75) is 26.4 Å². The molecule has 3 nitrogen and oxygen atoms in total. The summed E-state index contributed by atoms with van der Waals surface area (Å²) < 4.78 is 0. The Kier molecular flexibility index (Phi) is 3.95. The van der Waals surface area contributed by atoms with Gasteiger partial charge in [-0.2, -0.15) is 0 Å². The Morgan fingerprint density at radius 3 is 2.67 bits per heavy atom. The predicted molar refractivity (Wildman–Crippen MR) is 75.4 cm³/mol. The molecular weight excluding hydrogens is 271 g/mol. The molecule has 18 heavy (non-hydrogen) atoms. The minimum Gasteiger partial charge on any atom is -0.504 e. The number of nitrogens with zero attached hydrogens (tertiary/aromatic N) is 1. The number of phenols is 1. The second kappa shape index (κ2) is 5.31. The average molecular weight is 285 g/mol.